The van der Waals surface area contributed by atoms with Gasteiger partial charge in [-0.05, 0) is 44.0 Å². The number of carbonyl (C=O) groups is 2. The van der Waals surface area contributed by atoms with Gasteiger partial charge in [0.25, 0.3) is 0 Å². The molecule has 2 aromatic carbocycles. The number of carbonyl (C=O) groups excluding carboxylic acids is 2. The zero-order valence-corrected chi connectivity index (χ0v) is 17.4. The van der Waals surface area contributed by atoms with Crippen LogP contribution in [0.5, 0.6) is 0 Å². The van der Waals surface area contributed by atoms with Gasteiger partial charge in [0.2, 0.25) is 11.8 Å². The molecule has 3 rings (SSSR count). The lowest BCUT2D eigenvalue weighted by Gasteiger charge is -2.38. The first-order chi connectivity index (χ1) is 14.0. The molecule has 1 atom stereocenters. The maximum atomic E-state index is 12.5. The lowest BCUT2D eigenvalue weighted by molar-refractivity contribution is -0.128. The summed E-state index contributed by atoms with van der Waals surface area (Å²) in [6.45, 7) is 9.19. The number of piperazine rings is 1. The molecule has 2 N–H and O–H groups in total. The zero-order valence-electron chi connectivity index (χ0n) is 17.4. The van der Waals surface area contributed by atoms with Crippen molar-refractivity contribution in [3.63, 3.8) is 0 Å². The van der Waals surface area contributed by atoms with Gasteiger partial charge in [0.05, 0.1) is 12.6 Å². The van der Waals surface area contributed by atoms with Crippen molar-refractivity contribution in [3.05, 3.63) is 59.7 Å². The van der Waals surface area contributed by atoms with Crippen LogP contribution in [0.1, 0.15) is 18.1 Å². The lowest BCUT2D eigenvalue weighted by Crippen LogP contribution is -2.54. The second-order valence-electron chi connectivity index (χ2n) is 7.57. The number of anilines is 2. The van der Waals surface area contributed by atoms with Crippen LogP contribution in [0, 0.1) is 13.8 Å². The number of rotatable bonds is 6. The molecule has 1 fully saturated rings. The van der Waals surface area contributed by atoms with Crippen molar-refractivity contribution in [1.82, 2.24) is 10.2 Å². The molecule has 6 nitrogen and oxygen atoms in total. The van der Waals surface area contributed by atoms with Crippen LogP contribution in [-0.4, -0.2) is 55.5 Å². The molecule has 6 heteroatoms. The lowest BCUT2D eigenvalue weighted by atomic mass is 10.1. The molecule has 154 valence electrons. The third kappa shape index (κ3) is 5.35. The Balaban J connectivity index is 1.45. The topological polar surface area (TPSA) is 64.7 Å². The number of para-hydroxylation sites is 2. The van der Waals surface area contributed by atoms with E-state index in [1.165, 1.54) is 5.69 Å². The quantitative estimate of drug-likeness (QED) is 0.790. The Bertz CT molecular complexity index is 825. The molecule has 1 unspecified atom stereocenters. The minimum atomic E-state index is -0.263. The molecule has 0 radical (unpaired) electrons. The Hall–Kier alpha value is -2.86. The van der Waals surface area contributed by atoms with Gasteiger partial charge in [0.15, 0.2) is 0 Å². The van der Waals surface area contributed by atoms with Crippen molar-refractivity contribution in [1.29, 1.82) is 0 Å². The van der Waals surface area contributed by atoms with Crippen LogP contribution in [0.15, 0.2) is 48.5 Å². The molecule has 0 aromatic heterocycles. The zero-order chi connectivity index (χ0) is 20.8. The van der Waals surface area contributed by atoms with Gasteiger partial charge in [-0.15, -0.1) is 0 Å². The van der Waals surface area contributed by atoms with Gasteiger partial charge in [0.1, 0.15) is 0 Å². The van der Waals surface area contributed by atoms with Crippen LogP contribution in [-0.2, 0) is 9.59 Å². The third-order valence-corrected chi connectivity index (χ3v) is 5.53. The Morgan fingerprint density at radius 2 is 1.55 bits per heavy atom. The molecule has 1 aliphatic rings. The highest BCUT2D eigenvalue weighted by molar-refractivity contribution is 5.96. The highest BCUT2D eigenvalue weighted by atomic mass is 16.2. The van der Waals surface area contributed by atoms with E-state index >= 15 is 0 Å². The van der Waals surface area contributed by atoms with Crippen molar-refractivity contribution in [2.45, 2.75) is 26.8 Å². The maximum Gasteiger partial charge on any atom is 0.243 e. The van der Waals surface area contributed by atoms with Crippen LogP contribution in [0.25, 0.3) is 0 Å². The van der Waals surface area contributed by atoms with Crippen molar-refractivity contribution in [3.8, 4) is 0 Å². The first-order valence-corrected chi connectivity index (χ1v) is 10.1. The van der Waals surface area contributed by atoms with E-state index in [0.717, 1.165) is 43.0 Å². The Morgan fingerprint density at radius 1 is 0.931 bits per heavy atom. The molecular formula is C23H30N4O2. The summed E-state index contributed by atoms with van der Waals surface area (Å²) in [5.74, 6) is -0.327. The van der Waals surface area contributed by atoms with E-state index in [0.29, 0.717) is 0 Å². The van der Waals surface area contributed by atoms with Gasteiger partial charge in [-0.3, -0.25) is 14.5 Å². The first-order valence-electron chi connectivity index (χ1n) is 10.1. The highest BCUT2D eigenvalue weighted by Gasteiger charge is 2.25. The number of hydrogen-bond donors (Lipinski definition) is 2. The average Bonchev–Trinajstić information content (AvgIpc) is 2.75. The van der Waals surface area contributed by atoms with Crippen LogP contribution in [0.2, 0.25) is 0 Å². The highest BCUT2D eigenvalue weighted by Crippen LogP contribution is 2.19. The Kier molecular flexibility index (Phi) is 6.88. The Labute approximate surface area is 172 Å². The van der Waals surface area contributed by atoms with E-state index in [2.05, 4.69) is 32.6 Å². The summed E-state index contributed by atoms with van der Waals surface area (Å²) in [4.78, 5) is 29.3. The van der Waals surface area contributed by atoms with Gasteiger partial charge in [-0.25, -0.2) is 0 Å². The van der Waals surface area contributed by atoms with Crippen molar-refractivity contribution >= 4 is 23.2 Å². The third-order valence-electron chi connectivity index (χ3n) is 5.53. The van der Waals surface area contributed by atoms with Crippen LogP contribution in [0.4, 0.5) is 11.4 Å². The largest absolute Gasteiger partial charge is 0.369 e. The minimum Gasteiger partial charge on any atom is -0.369 e. The number of hydrogen-bond acceptors (Lipinski definition) is 4. The van der Waals surface area contributed by atoms with Crippen LogP contribution >= 0.6 is 0 Å². The van der Waals surface area contributed by atoms with Crippen LogP contribution < -0.4 is 15.5 Å². The smallest absolute Gasteiger partial charge is 0.243 e. The number of nitrogens with one attached hydrogen (secondary N) is 2. The maximum absolute atomic E-state index is 12.5. The molecule has 0 saturated carbocycles. The van der Waals surface area contributed by atoms with Gasteiger partial charge in [0, 0.05) is 37.6 Å². The van der Waals surface area contributed by atoms with E-state index in [4.69, 9.17) is 0 Å². The molecular weight excluding hydrogens is 364 g/mol. The van der Waals surface area contributed by atoms with E-state index in [1.807, 2.05) is 57.2 Å². The molecule has 0 aliphatic carbocycles. The molecule has 2 amide bonds. The number of benzene rings is 2. The van der Waals surface area contributed by atoms with Gasteiger partial charge in [-0.1, -0.05) is 36.4 Å². The van der Waals surface area contributed by atoms with Gasteiger partial charge < -0.3 is 15.5 Å². The molecule has 1 heterocycles. The van der Waals surface area contributed by atoms with E-state index in [1.54, 1.807) is 0 Å². The second-order valence-corrected chi connectivity index (χ2v) is 7.57. The summed E-state index contributed by atoms with van der Waals surface area (Å²) in [6.07, 6.45) is 0. The number of aryl methyl sites for hydroxylation is 2. The first kappa shape index (κ1) is 20.9. The number of nitrogens with zero attached hydrogens (tertiary/aromatic N) is 2. The van der Waals surface area contributed by atoms with Gasteiger partial charge in [-0.2, -0.15) is 0 Å². The van der Waals surface area contributed by atoms with E-state index in [-0.39, 0.29) is 24.4 Å². The monoisotopic (exact) mass is 394 g/mol. The minimum absolute atomic E-state index is 0.0269. The fraction of sp³-hybridized carbons (Fsp3) is 0.391. The van der Waals surface area contributed by atoms with E-state index in [9.17, 15) is 9.59 Å². The number of amides is 2. The summed E-state index contributed by atoms with van der Waals surface area (Å²) in [5, 5.41) is 5.68. The standard InChI is InChI=1S/C23H30N4O2/c1-17-8-7-9-18(2)22(17)25-21(28)16-24-23(29)19(3)26-12-14-27(15-13-26)20-10-5-4-6-11-20/h4-11,19H,12-16H2,1-3H3,(H,24,29)(H,25,28). The molecule has 29 heavy (non-hydrogen) atoms. The summed E-state index contributed by atoms with van der Waals surface area (Å²) < 4.78 is 0. The SMILES string of the molecule is Cc1cccc(C)c1NC(=O)CNC(=O)C(C)N1CCN(c2ccccc2)CC1. The summed E-state index contributed by atoms with van der Waals surface area (Å²) >= 11 is 0. The molecule has 0 bridgehead atoms. The fourth-order valence-electron chi connectivity index (χ4n) is 3.68. The predicted molar refractivity (Wildman–Crippen MR) is 117 cm³/mol. The normalized spacial score (nSPS) is 15.6. The average molecular weight is 395 g/mol. The van der Waals surface area contributed by atoms with Crippen molar-refractivity contribution in [2.24, 2.45) is 0 Å². The molecule has 1 aliphatic heterocycles. The van der Waals surface area contributed by atoms with Crippen molar-refractivity contribution in [2.75, 3.05) is 42.9 Å². The van der Waals surface area contributed by atoms with Crippen molar-refractivity contribution < 1.29 is 9.59 Å². The summed E-state index contributed by atoms with van der Waals surface area (Å²) in [7, 11) is 0. The fourth-order valence-corrected chi connectivity index (χ4v) is 3.68. The second kappa shape index (κ2) is 9.56. The predicted octanol–water partition coefficient (Wildman–Crippen LogP) is 2.57. The Morgan fingerprint density at radius 3 is 2.17 bits per heavy atom. The van der Waals surface area contributed by atoms with E-state index < -0.39 is 0 Å². The molecule has 1 saturated heterocycles. The van der Waals surface area contributed by atoms with Gasteiger partial charge >= 0.3 is 0 Å². The summed E-state index contributed by atoms with van der Waals surface area (Å²) in [5.41, 5.74) is 4.05. The van der Waals surface area contributed by atoms with Crippen LogP contribution in [0.3, 0.4) is 0 Å². The molecule has 2 aromatic rings. The summed E-state index contributed by atoms with van der Waals surface area (Å²) in [6, 6.07) is 15.9. The molecule has 0 spiro atoms.